The molecule has 0 saturated heterocycles. The molecule has 24 heavy (non-hydrogen) atoms. The summed E-state index contributed by atoms with van der Waals surface area (Å²) in [6, 6.07) is 5.86. The lowest BCUT2D eigenvalue weighted by atomic mass is 10.0. The Morgan fingerprint density at radius 3 is 2.96 bits per heavy atom. The number of hydrogen-bond donors (Lipinski definition) is 2. The second-order valence-corrected chi connectivity index (χ2v) is 7.40. The Morgan fingerprint density at radius 1 is 1.42 bits per heavy atom. The molecule has 0 saturated carbocycles. The number of aryl methyl sites for hydroxylation is 1. The number of fused-ring (bicyclic) bond motifs is 1. The van der Waals surface area contributed by atoms with Crippen molar-refractivity contribution in [2.75, 3.05) is 6.61 Å². The van der Waals surface area contributed by atoms with Crippen LogP contribution < -0.4 is 19.5 Å². The highest BCUT2D eigenvalue weighted by atomic mass is 32.1. The van der Waals surface area contributed by atoms with Crippen LogP contribution in [-0.2, 0) is 11.2 Å². The number of hydrogen-bond acceptors (Lipinski definition) is 5. The molecule has 0 atom stereocenters. The average molecular weight is 345 g/mol. The van der Waals surface area contributed by atoms with Crippen LogP contribution in [0.5, 0.6) is 5.75 Å². The van der Waals surface area contributed by atoms with E-state index >= 15 is 0 Å². The van der Waals surface area contributed by atoms with E-state index in [4.69, 9.17) is 4.74 Å². The fraction of sp³-hybridized carbons (Fsp3) is 0.333. The van der Waals surface area contributed by atoms with Crippen LogP contribution in [0.25, 0.3) is 12.2 Å². The van der Waals surface area contributed by atoms with E-state index in [1.807, 2.05) is 18.2 Å². The van der Waals surface area contributed by atoms with Crippen molar-refractivity contribution in [1.29, 1.82) is 0 Å². The number of aromatic amines is 1. The lowest BCUT2D eigenvalue weighted by Gasteiger charge is -2.17. The number of ether oxygens (including phenoxy) is 1. The fourth-order valence-electron chi connectivity index (χ4n) is 2.44. The minimum Gasteiger partial charge on any atom is -0.493 e. The Kier molecular flexibility index (Phi) is 4.43. The summed E-state index contributed by atoms with van der Waals surface area (Å²) in [7, 11) is 0. The van der Waals surface area contributed by atoms with Gasteiger partial charge >= 0.3 is 0 Å². The number of nitrogens with one attached hydrogen (secondary N) is 1. The van der Waals surface area contributed by atoms with Crippen LogP contribution in [0, 0.1) is 0 Å². The molecule has 2 heterocycles. The number of benzene rings is 1. The molecular weight excluding hydrogens is 326 g/mol. The van der Waals surface area contributed by atoms with E-state index in [0.29, 0.717) is 9.20 Å². The van der Waals surface area contributed by atoms with Crippen molar-refractivity contribution in [3.63, 3.8) is 0 Å². The minimum absolute atomic E-state index is 0.247. The van der Waals surface area contributed by atoms with Gasteiger partial charge in [-0.25, -0.2) is 0 Å². The number of aliphatic hydroxyl groups is 1. The highest BCUT2D eigenvalue weighted by molar-refractivity contribution is 7.07. The van der Waals surface area contributed by atoms with Crippen molar-refractivity contribution < 1.29 is 14.6 Å². The number of ketones is 1. The Bertz CT molecular complexity index is 947. The Morgan fingerprint density at radius 2 is 2.21 bits per heavy atom. The van der Waals surface area contributed by atoms with Gasteiger partial charge in [0.2, 0.25) is 0 Å². The molecule has 0 radical (unpaired) electrons. The topological polar surface area (TPSA) is 79.4 Å². The summed E-state index contributed by atoms with van der Waals surface area (Å²) in [5, 5.41) is 9.68. The van der Waals surface area contributed by atoms with Crippen LogP contribution >= 0.6 is 11.3 Å². The molecule has 1 aliphatic rings. The molecule has 2 N–H and O–H groups in total. The third-order valence-corrected chi connectivity index (χ3v) is 4.74. The van der Waals surface area contributed by atoms with Gasteiger partial charge in [-0.2, -0.15) is 0 Å². The van der Waals surface area contributed by atoms with Crippen molar-refractivity contribution in [2.45, 2.75) is 32.3 Å². The summed E-state index contributed by atoms with van der Waals surface area (Å²) in [6.45, 7) is 3.58. The van der Waals surface area contributed by atoms with Crippen LogP contribution in [0.15, 0.2) is 23.0 Å². The van der Waals surface area contributed by atoms with Crippen molar-refractivity contribution in [3.8, 4) is 5.75 Å². The first-order valence-electron chi connectivity index (χ1n) is 7.78. The number of thiazole rings is 1. The third kappa shape index (κ3) is 3.66. The number of carbonyl (C=O) groups is 1. The third-order valence-electron chi connectivity index (χ3n) is 3.78. The van der Waals surface area contributed by atoms with Crippen molar-refractivity contribution >= 4 is 29.3 Å². The maximum atomic E-state index is 12.1. The lowest BCUT2D eigenvalue weighted by molar-refractivity contribution is -0.127. The molecule has 0 amide bonds. The summed E-state index contributed by atoms with van der Waals surface area (Å²) in [6.07, 6.45) is 5.03. The summed E-state index contributed by atoms with van der Waals surface area (Å²) in [4.78, 5) is 26.5. The molecule has 0 fully saturated rings. The number of rotatable bonds is 3. The molecule has 2 aromatic rings. The van der Waals surface area contributed by atoms with Gasteiger partial charge in [-0.1, -0.05) is 6.07 Å². The van der Waals surface area contributed by atoms with E-state index in [1.54, 1.807) is 6.08 Å². The summed E-state index contributed by atoms with van der Waals surface area (Å²) in [5.74, 6) is 0.459. The molecule has 6 heteroatoms. The van der Waals surface area contributed by atoms with Crippen LogP contribution in [-0.4, -0.2) is 28.1 Å². The maximum absolute atomic E-state index is 12.1. The van der Waals surface area contributed by atoms with Gasteiger partial charge in [0.25, 0.3) is 5.56 Å². The second-order valence-electron chi connectivity index (χ2n) is 6.32. The van der Waals surface area contributed by atoms with Gasteiger partial charge in [-0.05, 0) is 56.0 Å². The van der Waals surface area contributed by atoms with Gasteiger partial charge in [0, 0.05) is 6.08 Å². The molecule has 1 aliphatic heterocycles. The molecule has 5 nitrogen and oxygen atoms in total. The van der Waals surface area contributed by atoms with E-state index < -0.39 is 11.4 Å². The quantitative estimate of drug-likeness (QED) is 0.859. The first-order chi connectivity index (χ1) is 11.3. The van der Waals surface area contributed by atoms with Crippen LogP contribution in [0.1, 0.15) is 31.4 Å². The zero-order chi connectivity index (χ0) is 17.3. The Balaban J connectivity index is 1.99. The lowest BCUT2D eigenvalue weighted by Crippen LogP contribution is -2.30. The van der Waals surface area contributed by atoms with Crippen LogP contribution in [0.3, 0.4) is 0 Å². The van der Waals surface area contributed by atoms with Gasteiger partial charge in [0.05, 0.1) is 15.8 Å². The molecular formula is C18H19NO4S. The van der Waals surface area contributed by atoms with E-state index in [2.05, 4.69) is 4.98 Å². The van der Waals surface area contributed by atoms with Crippen molar-refractivity contribution in [1.82, 2.24) is 4.98 Å². The van der Waals surface area contributed by atoms with Gasteiger partial charge in [-0.3, -0.25) is 9.59 Å². The zero-order valence-electron chi connectivity index (χ0n) is 13.6. The molecule has 1 aromatic heterocycles. The molecule has 0 unspecified atom stereocenters. The Hall–Kier alpha value is -2.18. The highest BCUT2D eigenvalue weighted by Gasteiger charge is 2.21. The normalized spacial score (nSPS) is 16.0. The van der Waals surface area contributed by atoms with E-state index in [0.717, 1.165) is 36.3 Å². The molecule has 3 rings (SSSR count). The minimum atomic E-state index is -1.46. The van der Waals surface area contributed by atoms with Gasteiger partial charge in [0.15, 0.2) is 5.78 Å². The molecule has 0 spiro atoms. The molecule has 0 aliphatic carbocycles. The highest BCUT2D eigenvalue weighted by Crippen LogP contribution is 2.25. The van der Waals surface area contributed by atoms with Crippen LogP contribution in [0.4, 0.5) is 0 Å². The first kappa shape index (κ1) is 16.7. The summed E-state index contributed by atoms with van der Waals surface area (Å²) >= 11 is 1.19. The van der Waals surface area contributed by atoms with Crippen molar-refractivity contribution in [2.24, 2.45) is 0 Å². The van der Waals surface area contributed by atoms with Crippen molar-refractivity contribution in [3.05, 3.63) is 48.9 Å². The van der Waals surface area contributed by atoms with E-state index in [-0.39, 0.29) is 5.56 Å². The predicted octanol–water partition coefficient (Wildman–Crippen LogP) is 0.711. The number of Topliss-reactive ketones (excluding diaryl/α,β-unsaturated/α-hetero) is 1. The fourth-order valence-corrected chi connectivity index (χ4v) is 3.33. The standard InChI is InChI=1S/C18H19NO4S/c1-18(2,22)15(20)10-16-19-17(21)14(24-16)9-11-5-6-13-12(8-11)4-3-7-23-13/h5-6,8-10,22H,3-4,7H2,1-2H3,(H,19,21)/b14-9-,16-10+. The number of H-pyrrole nitrogens is 1. The average Bonchev–Trinajstić information content (AvgIpc) is 2.86. The Labute approximate surface area is 142 Å². The number of carbonyl (C=O) groups excluding carboxylic acids is 1. The second kappa shape index (κ2) is 6.37. The SMILES string of the molecule is CC(C)(O)C(=O)/C=c1\[nH]c(=O)/c(=C/c2ccc3c(c2)CCCO3)s1. The van der Waals surface area contributed by atoms with E-state index in [9.17, 15) is 14.7 Å². The monoisotopic (exact) mass is 345 g/mol. The predicted molar refractivity (Wildman–Crippen MR) is 93.8 cm³/mol. The number of aromatic nitrogens is 1. The smallest absolute Gasteiger partial charge is 0.266 e. The van der Waals surface area contributed by atoms with Gasteiger partial charge in [0.1, 0.15) is 11.4 Å². The zero-order valence-corrected chi connectivity index (χ0v) is 14.4. The molecule has 126 valence electrons. The van der Waals surface area contributed by atoms with Gasteiger partial charge in [-0.15, -0.1) is 11.3 Å². The molecule has 0 bridgehead atoms. The van der Waals surface area contributed by atoms with Crippen LogP contribution in [0.2, 0.25) is 0 Å². The van der Waals surface area contributed by atoms with E-state index in [1.165, 1.54) is 31.3 Å². The van der Waals surface area contributed by atoms with Gasteiger partial charge < -0.3 is 14.8 Å². The summed E-state index contributed by atoms with van der Waals surface area (Å²) < 4.78 is 6.53. The summed E-state index contributed by atoms with van der Waals surface area (Å²) in [5.41, 5.74) is 0.367. The molecule has 1 aromatic carbocycles. The maximum Gasteiger partial charge on any atom is 0.266 e. The largest absolute Gasteiger partial charge is 0.493 e. The first-order valence-corrected chi connectivity index (χ1v) is 8.60.